The molecule has 0 saturated heterocycles. The zero-order valence-electron chi connectivity index (χ0n) is 7.94. The van der Waals surface area contributed by atoms with E-state index in [9.17, 15) is 16.8 Å². The van der Waals surface area contributed by atoms with Crippen molar-refractivity contribution in [1.82, 2.24) is 4.72 Å². The molecule has 0 rings (SSSR count). The van der Waals surface area contributed by atoms with Gasteiger partial charge >= 0.3 is 0 Å². The SMILES string of the molecule is CCC(C)NS(=O)(=O)CS(C)(=O)=O. The van der Waals surface area contributed by atoms with Gasteiger partial charge in [0.15, 0.2) is 14.9 Å². The van der Waals surface area contributed by atoms with Crippen LogP contribution in [0.25, 0.3) is 0 Å². The van der Waals surface area contributed by atoms with Crippen LogP contribution in [0.4, 0.5) is 0 Å². The Balaban J connectivity index is 4.45. The number of hydrogen-bond acceptors (Lipinski definition) is 4. The third-order valence-corrected chi connectivity index (χ3v) is 5.08. The largest absolute Gasteiger partial charge is 0.228 e. The van der Waals surface area contributed by atoms with Gasteiger partial charge in [-0.1, -0.05) is 6.92 Å². The summed E-state index contributed by atoms with van der Waals surface area (Å²) in [6, 6.07) is -0.230. The number of sulfone groups is 1. The number of nitrogens with one attached hydrogen (secondary N) is 1. The van der Waals surface area contributed by atoms with Crippen molar-refractivity contribution < 1.29 is 16.8 Å². The van der Waals surface area contributed by atoms with Crippen LogP contribution in [-0.2, 0) is 19.9 Å². The van der Waals surface area contributed by atoms with E-state index >= 15 is 0 Å². The van der Waals surface area contributed by atoms with E-state index in [4.69, 9.17) is 0 Å². The van der Waals surface area contributed by atoms with E-state index in [0.717, 1.165) is 6.26 Å². The van der Waals surface area contributed by atoms with Crippen LogP contribution >= 0.6 is 0 Å². The fourth-order valence-electron chi connectivity index (χ4n) is 0.706. The molecular formula is C6H15NO4S2. The van der Waals surface area contributed by atoms with E-state index in [2.05, 4.69) is 4.72 Å². The zero-order valence-corrected chi connectivity index (χ0v) is 9.57. The molecule has 0 amide bonds. The van der Waals surface area contributed by atoms with Crippen LogP contribution in [0.5, 0.6) is 0 Å². The summed E-state index contributed by atoms with van der Waals surface area (Å²) >= 11 is 0. The first-order chi connectivity index (χ1) is 5.66. The van der Waals surface area contributed by atoms with Gasteiger partial charge in [-0.2, -0.15) is 0 Å². The summed E-state index contributed by atoms with van der Waals surface area (Å²) in [6.45, 7) is 3.49. The van der Waals surface area contributed by atoms with E-state index in [0.29, 0.717) is 6.42 Å². The van der Waals surface area contributed by atoms with Gasteiger partial charge in [-0.25, -0.2) is 21.6 Å². The fraction of sp³-hybridized carbons (Fsp3) is 1.00. The van der Waals surface area contributed by atoms with Gasteiger partial charge in [-0.15, -0.1) is 0 Å². The number of rotatable bonds is 5. The third-order valence-electron chi connectivity index (χ3n) is 1.36. The molecule has 0 aromatic heterocycles. The normalized spacial score (nSPS) is 15.6. The van der Waals surface area contributed by atoms with Gasteiger partial charge in [0.2, 0.25) is 10.0 Å². The minimum Gasteiger partial charge on any atom is -0.228 e. The van der Waals surface area contributed by atoms with Crippen LogP contribution in [0.3, 0.4) is 0 Å². The van der Waals surface area contributed by atoms with Gasteiger partial charge in [-0.05, 0) is 13.3 Å². The van der Waals surface area contributed by atoms with Crippen LogP contribution in [-0.4, -0.2) is 34.2 Å². The molecule has 0 aromatic rings. The second-order valence-electron chi connectivity index (χ2n) is 3.09. The van der Waals surface area contributed by atoms with Crippen LogP contribution in [0.2, 0.25) is 0 Å². The molecule has 0 bridgehead atoms. The van der Waals surface area contributed by atoms with E-state index in [1.54, 1.807) is 6.92 Å². The minimum atomic E-state index is -3.69. The lowest BCUT2D eigenvalue weighted by atomic mass is 10.3. The molecule has 0 radical (unpaired) electrons. The van der Waals surface area contributed by atoms with Crippen molar-refractivity contribution in [3.05, 3.63) is 0 Å². The zero-order chi connectivity index (χ0) is 10.7. The second kappa shape index (κ2) is 4.39. The van der Waals surface area contributed by atoms with Crippen molar-refractivity contribution in [3.63, 3.8) is 0 Å². The first kappa shape index (κ1) is 12.9. The maximum absolute atomic E-state index is 11.1. The molecule has 0 fully saturated rings. The monoisotopic (exact) mass is 229 g/mol. The molecule has 0 aromatic carbocycles. The summed E-state index contributed by atoms with van der Waals surface area (Å²) in [6.07, 6.45) is 1.52. The molecular weight excluding hydrogens is 214 g/mol. The summed E-state index contributed by atoms with van der Waals surface area (Å²) in [5, 5.41) is -0.843. The van der Waals surface area contributed by atoms with Crippen LogP contribution in [0, 0.1) is 0 Å². The predicted octanol–water partition coefficient (Wildman–Crippen LogP) is -0.294. The van der Waals surface area contributed by atoms with E-state index in [-0.39, 0.29) is 6.04 Å². The molecule has 5 nitrogen and oxygen atoms in total. The summed E-state index contributed by atoms with van der Waals surface area (Å²) < 4.78 is 45.9. The Bertz CT molecular complexity index is 343. The standard InChI is InChI=1S/C6H15NO4S2/c1-4-6(2)7-13(10,11)5-12(3,8)9/h6-7H,4-5H2,1-3H3. The topological polar surface area (TPSA) is 80.3 Å². The molecule has 1 atom stereocenters. The highest BCUT2D eigenvalue weighted by Gasteiger charge is 2.19. The van der Waals surface area contributed by atoms with Crippen molar-refractivity contribution >= 4 is 19.9 Å². The second-order valence-corrected chi connectivity index (χ2v) is 7.35. The quantitative estimate of drug-likeness (QED) is 0.702. The molecule has 0 aliphatic rings. The lowest BCUT2D eigenvalue weighted by Crippen LogP contribution is -2.35. The summed E-state index contributed by atoms with van der Waals surface area (Å²) in [5.41, 5.74) is 0. The molecule has 0 aliphatic carbocycles. The van der Waals surface area contributed by atoms with Gasteiger partial charge in [0, 0.05) is 12.3 Å². The fourth-order valence-corrected chi connectivity index (χ4v) is 4.01. The Morgan fingerprint density at radius 2 is 1.69 bits per heavy atom. The molecule has 13 heavy (non-hydrogen) atoms. The molecule has 7 heteroatoms. The average molecular weight is 229 g/mol. The van der Waals surface area contributed by atoms with Crippen LogP contribution in [0.15, 0.2) is 0 Å². The Kier molecular flexibility index (Phi) is 4.34. The molecule has 0 saturated carbocycles. The van der Waals surface area contributed by atoms with Gasteiger partial charge in [0.25, 0.3) is 0 Å². The van der Waals surface area contributed by atoms with Crippen molar-refractivity contribution in [2.24, 2.45) is 0 Å². The maximum Gasteiger partial charge on any atom is 0.226 e. The maximum atomic E-state index is 11.1. The molecule has 0 spiro atoms. The van der Waals surface area contributed by atoms with Crippen LogP contribution < -0.4 is 4.72 Å². The average Bonchev–Trinajstić information content (AvgIpc) is 1.80. The molecule has 0 heterocycles. The lowest BCUT2D eigenvalue weighted by molar-refractivity contribution is 0.557. The Morgan fingerprint density at radius 1 is 1.23 bits per heavy atom. The summed E-state index contributed by atoms with van der Waals surface area (Å²) in [4.78, 5) is 0. The number of hydrogen-bond donors (Lipinski definition) is 1. The Hall–Kier alpha value is -0.140. The highest BCUT2D eigenvalue weighted by molar-refractivity contribution is 8.06. The smallest absolute Gasteiger partial charge is 0.226 e. The predicted molar refractivity (Wildman–Crippen MR) is 51.5 cm³/mol. The summed E-state index contributed by atoms with van der Waals surface area (Å²) in [7, 11) is -7.17. The Morgan fingerprint density at radius 3 is 2.00 bits per heavy atom. The van der Waals surface area contributed by atoms with Gasteiger partial charge in [-0.3, -0.25) is 0 Å². The van der Waals surface area contributed by atoms with Gasteiger partial charge in [0.05, 0.1) is 0 Å². The van der Waals surface area contributed by atoms with Crippen molar-refractivity contribution in [3.8, 4) is 0 Å². The first-order valence-electron chi connectivity index (χ1n) is 3.84. The molecule has 1 unspecified atom stereocenters. The highest BCUT2D eigenvalue weighted by Crippen LogP contribution is 1.96. The Labute approximate surface area is 79.5 Å². The highest BCUT2D eigenvalue weighted by atomic mass is 32.3. The third kappa shape index (κ3) is 6.97. The minimum absolute atomic E-state index is 0.230. The van der Waals surface area contributed by atoms with E-state index < -0.39 is 24.9 Å². The van der Waals surface area contributed by atoms with Gasteiger partial charge < -0.3 is 0 Å². The summed E-state index contributed by atoms with van der Waals surface area (Å²) in [5.74, 6) is 0. The number of sulfonamides is 1. The molecule has 1 N–H and O–H groups in total. The first-order valence-corrected chi connectivity index (χ1v) is 7.55. The van der Waals surface area contributed by atoms with Crippen molar-refractivity contribution in [2.45, 2.75) is 26.3 Å². The van der Waals surface area contributed by atoms with Crippen LogP contribution in [0.1, 0.15) is 20.3 Å². The van der Waals surface area contributed by atoms with Gasteiger partial charge in [0.1, 0.15) is 0 Å². The lowest BCUT2D eigenvalue weighted by Gasteiger charge is -2.10. The van der Waals surface area contributed by atoms with Crippen molar-refractivity contribution in [1.29, 1.82) is 0 Å². The van der Waals surface area contributed by atoms with E-state index in [1.165, 1.54) is 0 Å². The van der Waals surface area contributed by atoms with E-state index in [1.807, 2.05) is 6.92 Å². The molecule has 0 aliphatic heterocycles. The van der Waals surface area contributed by atoms with Crippen molar-refractivity contribution in [2.75, 3.05) is 11.3 Å². The molecule has 80 valence electrons.